The number of likely N-dealkylation sites (tertiary alicyclic amines) is 1. The SMILES string of the molecule is CC(NC1CCC(=O)N(C)C1)C(C)(C)O. The van der Waals surface area contributed by atoms with Crippen LogP contribution >= 0.6 is 0 Å². The van der Waals surface area contributed by atoms with E-state index in [1.54, 1.807) is 18.7 Å². The van der Waals surface area contributed by atoms with Crippen LogP contribution in [0, 0.1) is 0 Å². The van der Waals surface area contributed by atoms with Crippen LogP contribution in [0.25, 0.3) is 0 Å². The minimum atomic E-state index is -0.722. The van der Waals surface area contributed by atoms with Gasteiger partial charge in [-0.15, -0.1) is 0 Å². The molecule has 15 heavy (non-hydrogen) atoms. The van der Waals surface area contributed by atoms with Crippen LogP contribution < -0.4 is 5.32 Å². The summed E-state index contributed by atoms with van der Waals surface area (Å²) in [6.45, 7) is 6.29. The molecule has 0 aromatic carbocycles. The van der Waals surface area contributed by atoms with Crippen LogP contribution in [0.15, 0.2) is 0 Å². The Balaban J connectivity index is 2.43. The highest BCUT2D eigenvalue weighted by Gasteiger charge is 2.28. The summed E-state index contributed by atoms with van der Waals surface area (Å²) >= 11 is 0. The summed E-state index contributed by atoms with van der Waals surface area (Å²) in [5.74, 6) is 0.212. The molecule has 0 saturated carbocycles. The molecule has 0 aliphatic carbocycles. The third-order valence-corrected chi connectivity index (χ3v) is 3.17. The number of carbonyl (C=O) groups excluding carboxylic acids is 1. The van der Waals surface area contributed by atoms with Gasteiger partial charge in [0.25, 0.3) is 0 Å². The standard InChI is InChI=1S/C11H22N2O2/c1-8(11(2,3)15)12-9-5-6-10(14)13(4)7-9/h8-9,12,15H,5-7H2,1-4H3. The number of amides is 1. The monoisotopic (exact) mass is 214 g/mol. The van der Waals surface area contributed by atoms with Crippen molar-refractivity contribution in [3.63, 3.8) is 0 Å². The molecule has 1 aliphatic rings. The summed E-state index contributed by atoms with van der Waals surface area (Å²) in [5.41, 5.74) is -0.722. The molecule has 0 radical (unpaired) electrons. The molecule has 1 saturated heterocycles. The first-order valence-electron chi connectivity index (χ1n) is 5.53. The summed E-state index contributed by atoms with van der Waals surface area (Å²) < 4.78 is 0. The molecular formula is C11H22N2O2. The zero-order chi connectivity index (χ0) is 11.6. The Morgan fingerprint density at radius 2 is 2.20 bits per heavy atom. The molecule has 0 bridgehead atoms. The fraction of sp³-hybridized carbons (Fsp3) is 0.909. The molecule has 1 heterocycles. The highest BCUT2D eigenvalue weighted by atomic mass is 16.3. The maximum absolute atomic E-state index is 11.3. The van der Waals surface area contributed by atoms with Crippen molar-refractivity contribution in [2.75, 3.05) is 13.6 Å². The first-order valence-corrected chi connectivity index (χ1v) is 5.53. The predicted octanol–water partition coefficient (Wildman–Crippen LogP) is 0.356. The van der Waals surface area contributed by atoms with E-state index >= 15 is 0 Å². The van der Waals surface area contributed by atoms with Gasteiger partial charge in [0.1, 0.15) is 0 Å². The number of nitrogens with zero attached hydrogens (tertiary/aromatic N) is 1. The van der Waals surface area contributed by atoms with Crippen molar-refractivity contribution in [3.8, 4) is 0 Å². The van der Waals surface area contributed by atoms with Gasteiger partial charge < -0.3 is 15.3 Å². The van der Waals surface area contributed by atoms with Crippen molar-refractivity contribution in [2.45, 2.75) is 51.3 Å². The highest BCUT2D eigenvalue weighted by molar-refractivity contribution is 5.76. The van der Waals surface area contributed by atoms with Crippen LogP contribution in [0.2, 0.25) is 0 Å². The van der Waals surface area contributed by atoms with Gasteiger partial charge in [0.2, 0.25) is 5.91 Å². The molecule has 88 valence electrons. The summed E-state index contributed by atoms with van der Waals surface area (Å²) in [7, 11) is 1.82. The number of carbonyl (C=O) groups is 1. The minimum Gasteiger partial charge on any atom is -0.389 e. The van der Waals surface area contributed by atoms with E-state index in [0.717, 1.165) is 13.0 Å². The molecule has 4 nitrogen and oxygen atoms in total. The van der Waals surface area contributed by atoms with Gasteiger partial charge in [0.05, 0.1) is 5.60 Å². The van der Waals surface area contributed by atoms with Crippen molar-refractivity contribution < 1.29 is 9.90 Å². The quantitative estimate of drug-likeness (QED) is 0.713. The number of rotatable bonds is 3. The van der Waals surface area contributed by atoms with E-state index in [0.29, 0.717) is 12.5 Å². The minimum absolute atomic E-state index is 0.0316. The van der Waals surface area contributed by atoms with E-state index < -0.39 is 5.60 Å². The molecule has 0 aromatic rings. The van der Waals surface area contributed by atoms with E-state index in [-0.39, 0.29) is 11.9 Å². The first kappa shape index (κ1) is 12.5. The van der Waals surface area contributed by atoms with Crippen LogP contribution in [0.1, 0.15) is 33.6 Å². The number of nitrogens with one attached hydrogen (secondary N) is 1. The summed E-state index contributed by atoms with van der Waals surface area (Å²) in [6, 6.07) is 0.332. The highest BCUT2D eigenvalue weighted by Crippen LogP contribution is 2.14. The number of piperidine rings is 1. The van der Waals surface area contributed by atoms with E-state index in [1.165, 1.54) is 0 Å². The van der Waals surface area contributed by atoms with Crippen LogP contribution in [-0.2, 0) is 4.79 Å². The molecule has 2 unspecified atom stereocenters. The summed E-state index contributed by atoms with van der Waals surface area (Å²) in [4.78, 5) is 13.0. The van der Waals surface area contributed by atoms with Gasteiger partial charge in [-0.3, -0.25) is 4.79 Å². The maximum atomic E-state index is 11.3. The van der Waals surface area contributed by atoms with E-state index in [1.807, 2.05) is 14.0 Å². The lowest BCUT2D eigenvalue weighted by Crippen LogP contribution is -2.54. The molecule has 0 spiro atoms. The number of hydrogen-bond donors (Lipinski definition) is 2. The third-order valence-electron chi connectivity index (χ3n) is 3.17. The van der Waals surface area contributed by atoms with Crippen molar-refractivity contribution in [2.24, 2.45) is 0 Å². The Hall–Kier alpha value is -0.610. The van der Waals surface area contributed by atoms with E-state index in [2.05, 4.69) is 5.32 Å². The van der Waals surface area contributed by atoms with Gasteiger partial charge in [0, 0.05) is 32.1 Å². The van der Waals surface area contributed by atoms with Crippen LogP contribution in [0.5, 0.6) is 0 Å². The normalized spacial score (nSPS) is 25.5. The van der Waals surface area contributed by atoms with Gasteiger partial charge in [-0.1, -0.05) is 0 Å². The number of aliphatic hydroxyl groups is 1. The number of hydrogen-bond acceptors (Lipinski definition) is 3. The van der Waals surface area contributed by atoms with Gasteiger partial charge in [-0.05, 0) is 27.2 Å². The topological polar surface area (TPSA) is 52.6 Å². The van der Waals surface area contributed by atoms with Crippen molar-refractivity contribution >= 4 is 5.91 Å². The summed E-state index contributed by atoms with van der Waals surface area (Å²) in [5, 5.41) is 13.2. The van der Waals surface area contributed by atoms with Gasteiger partial charge in [-0.25, -0.2) is 0 Å². The smallest absolute Gasteiger partial charge is 0.222 e. The lowest BCUT2D eigenvalue weighted by atomic mass is 9.97. The third kappa shape index (κ3) is 3.47. The second kappa shape index (κ2) is 4.49. The van der Waals surface area contributed by atoms with Gasteiger partial charge >= 0.3 is 0 Å². The van der Waals surface area contributed by atoms with Crippen molar-refractivity contribution in [3.05, 3.63) is 0 Å². The molecule has 1 fully saturated rings. The van der Waals surface area contributed by atoms with Gasteiger partial charge in [0.15, 0.2) is 0 Å². The lowest BCUT2D eigenvalue weighted by Gasteiger charge is -2.35. The Labute approximate surface area is 91.6 Å². The Kier molecular flexibility index (Phi) is 3.73. The molecule has 2 N–H and O–H groups in total. The average molecular weight is 214 g/mol. The number of likely N-dealkylation sites (N-methyl/N-ethyl adjacent to an activating group) is 1. The zero-order valence-corrected chi connectivity index (χ0v) is 10.1. The van der Waals surface area contributed by atoms with E-state index in [9.17, 15) is 9.90 Å². The fourth-order valence-corrected chi connectivity index (χ4v) is 1.71. The zero-order valence-electron chi connectivity index (χ0n) is 10.1. The molecular weight excluding hydrogens is 192 g/mol. The molecule has 1 aliphatic heterocycles. The fourth-order valence-electron chi connectivity index (χ4n) is 1.71. The average Bonchev–Trinajstić information content (AvgIpc) is 2.10. The Morgan fingerprint density at radius 1 is 1.60 bits per heavy atom. The first-order chi connectivity index (χ1) is 6.80. The molecule has 1 rings (SSSR count). The van der Waals surface area contributed by atoms with Crippen molar-refractivity contribution in [1.29, 1.82) is 0 Å². The largest absolute Gasteiger partial charge is 0.389 e. The lowest BCUT2D eigenvalue weighted by molar-refractivity contribution is -0.132. The summed E-state index contributed by atoms with van der Waals surface area (Å²) in [6.07, 6.45) is 1.47. The predicted molar refractivity (Wildman–Crippen MR) is 59.6 cm³/mol. The molecule has 1 amide bonds. The van der Waals surface area contributed by atoms with Crippen LogP contribution in [0.4, 0.5) is 0 Å². The molecule has 0 aromatic heterocycles. The van der Waals surface area contributed by atoms with Crippen molar-refractivity contribution in [1.82, 2.24) is 10.2 Å². The maximum Gasteiger partial charge on any atom is 0.222 e. The molecule has 2 atom stereocenters. The second-order valence-corrected chi connectivity index (χ2v) is 5.05. The second-order valence-electron chi connectivity index (χ2n) is 5.05. The van der Waals surface area contributed by atoms with E-state index in [4.69, 9.17) is 0 Å². The Morgan fingerprint density at radius 3 is 2.67 bits per heavy atom. The van der Waals surface area contributed by atoms with Crippen LogP contribution in [0.3, 0.4) is 0 Å². The van der Waals surface area contributed by atoms with Gasteiger partial charge in [-0.2, -0.15) is 0 Å². The van der Waals surface area contributed by atoms with Crippen LogP contribution in [-0.4, -0.2) is 47.2 Å². The Bertz CT molecular complexity index is 235. The molecule has 4 heteroatoms.